The summed E-state index contributed by atoms with van der Waals surface area (Å²) in [5.41, 5.74) is 0. The molecule has 0 aromatic heterocycles. The molecule has 1 unspecified atom stereocenters. The maximum Gasteiger partial charge on any atom is 0.0906 e. The minimum absolute atomic E-state index is 0.208. The van der Waals surface area contributed by atoms with Crippen molar-refractivity contribution < 1.29 is 4.39 Å². The zero-order valence-corrected chi connectivity index (χ0v) is 7.51. The first-order valence-corrected chi connectivity index (χ1v) is 4.89. The number of hydrogen-bond donors (Lipinski definition) is 1. The quantitative estimate of drug-likeness (QED) is 0.601. The lowest BCUT2D eigenvalue weighted by Crippen LogP contribution is -2.23. The topological polar surface area (TPSA) is 12.0 Å². The van der Waals surface area contributed by atoms with E-state index in [4.69, 9.17) is 0 Å². The zero-order valence-electron chi connectivity index (χ0n) is 6.69. The van der Waals surface area contributed by atoms with Crippen LogP contribution in [0.3, 0.4) is 0 Å². The summed E-state index contributed by atoms with van der Waals surface area (Å²) in [6.07, 6.45) is 2.72. The minimum Gasteiger partial charge on any atom is -0.316 e. The molecule has 62 valence electrons. The molecule has 0 aromatic rings. The first-order chi connectivity index (χ1) is 4.81. The van der Waals surface area contributed by atoms with Crippen molar-refractivity contribution in [2.24, 2.45) is 0 Å². The highest BCUT2D eigenvalue weighted by Crippen LogP contribution is 2.01. The summed E-state index contributed by atoms with van der Waals surface area (Å²) in [6, 6.07) is 0. The maximum atomic E-state index is 11.6. The number of halogens is 1. The molecule has 0 saturated carbocycles. The monoisotopic (exact) mass is 165 g/mol. The molecule has 0 radical (unpaired) electrons. The average molecular weight is 165 g/mol. The lowest BCUT2D eigenvalue weighted by molar-refractivity contribution is 0.460. The Hall–Kier alpha value is 0.240. The van der Waals surface area contributed by atoms with Crippen molar-refractivity contribution in [3.05, 3.63) is 0 Å². The van der Waals surface area contributed by atoms with Crippen molar-refractivity contribution in [1.82, 2.24) is 5.32 Å². The Labute approximate surface area is 66.8 Å². The number of hydrogen-bond acceptors (Lipinski definition) is 2. The van der Waals surface area contributed by atoms with Crippen LogP contribution in [0.15, 0.2) is 0 Å². The average Bonchev–Trinajstić information content (AvgIpc) is 1.98. The summed E-state index contributed by atoms with van der Waals surface area (Å²) in [5.74, 6) is 0. The highest BCUT2D eigenvalue weighted by Gasteiger charge is 1.96. The summed E-state index contributed by atoms with van der Waals surface area (Å²) in [7, 11) is 0. The molecule has 0 saturated heterocycles. The Kier molecular flexibility index (Phi) is 7.52. The molecule has 1 nitrogen and oxygen atoms in total. The second kappa shape index (κ2) is 7.35. The second-order valence-corrected chi connectivity index (χ2v) is 3.57. The highest BCUT2D eigenvalue weighted by atomic mass is 32.2. The van der Waals surface area contributed by atoms with Gasteiger partial charge < -0.3 is 5.32 Å². The van der Waals surface area contributed by atoms with Crippen LogP contribution in [0.1, 0.15) is 13.3 Å². The van der Waals surface area contributed by atoms with Gasteiger partial charge in [-0.15, -0.1) is 0 Å². The van der Waals surface area contributed by atoms with E-state index in [9.17, 15) is 4.39 Å². The van der Waals surface area contributed by atoms with Gasteiger partial charge in [0.1, 0.15) is 0 Å². The van der Waals surface area contributed by atoms with Gasteiger partial charge in [-0.3, -0.25) is 4.39 Å². The van der Waals surface area contributed by atoms with Gasteiger partial charge in [-0.1, -0.05) is 6.92 Å². The molecule has 0 aromatic carbocycles. The lowest BCUT2D eigenvalue weighted by Gasteiger charge is -2.07. The van der Waals surface area contributed by atoms with Crippen molar-refractivity contribution >= 4 is 11.8 Å². The molecule has 10 heavy (non-hydrogen) atoms. The molecule has 0 amide bonds. The molecule has 1 atom stereocenters. The smallest absolute Gasteiger partial charge is 0.0906 e. The van der Waals surface area contributed by atoms with Crippen molar-refractivity contribution in [2.75, 3.05) is 26.0 Å². The molecule has 0 spiro atoms. The number of rotatable bonds is 6. The molecular weight excluding hydrogens is 149 g/mol. The Morgan fingerprint density at radius 1 is 1.60 bits per heavy atom. The van der Waals surface area contributed by atoms with Crippen LogP contribution >= 0.6 is 11.8 Å². The van der Waals surface area contributed by atoms with Crippen LogP contribution in [0, 0.1) is 0 Å². The standard InChI is InChI=1S/C7H16FNS/c1-7(10-2)6-9-5-3-4-8/h7,9H,3-6H2,1-2H3. The summed E-state index contributed by atoms with van der Waals surface area (Å²) >= 11 is 1.83. The first kappa shape index (κ1) is 10.2. The van der Waals surface area contributed by atoms with Gasteiger partial charge in [-0.05, 0) is 19.2 Å². The largest absolute Gasteiger partial charge is 0.316 e. The Bertz CT molecular complexity index is 70.6. The van der Waals surface area contributed by atoms with Crippen molar-refractivity contribution in [1.29, 1.82) is 0 Å². The molecule has 0 bridgehead atoms. The Morgan fingerprint density at radius 2 is 2.30 bits per heavy atom. The van der Waals surface area contributed by atoms with Crippen molar-refractivity contribution in [2.45, 2.75) is 18.6 Å². The van der Waals surface area contributed by atoms with Crippen molar-refractivity contribution in [3.8, 4) is 0 Å². The SMILES string of the molecule is CSC(C)CNCCCF. The van der Waals surface area contributed by atoms with Crippen LogP contribution in [0.2, 0.25) is 0 Å². The van der Waals surface area contributed by atoms with Gasteiger partial charge in [0.15, 0.2) is 0 Å². The van der Waals surface area contributed by atoms with Crippen LogP contribution in [0.25, 0.3) is 0 Å². The number of nitrogens with one attached hydrogen (secondary N) is 1. The molecule has 3 heteroatoms. The van der Waals surface area contributed by atoms with E-state index in [1.54, 1.807) is 0 Å². The molecule has 1 N–H and O–H groups in total. The predicted octanol–water partition coefficient (Wildman–Crippen LogP) is 1.69. The van der Waals surface area contributed by atoms with Crippen LogP contribution in [-0.4, -0.2) is 31.3 Å². The van der Waals surface area contributed by atoms with Crippen LogP contribution in [0.4, 0.5) is 4.39 Å². The van der Waals surface area contributed by atoms with Crippen molar-refractivity contribution in [3.63, 3.8) is 0 Å². The normalized spacial score (nSPS) is 13.5. The van der Waals surface area contributed by atoms with Gasteiger partial charge in [0.05, 0.1) is 6.67 Å². The molecule has 0 rings (SSSR count). The third-order valence-corrected chi connectivity index (χ3v) is 2.29. The third kappa shape index (κ3) is 6.36. The van der Waals surface area contributed by atoms with E-state index >= 15 is 0 Å². The second-order valence-electron chi connectivity index (χ2n) is 2.29. The molecular formula is C7H16FNS. The maximum absolute atomic E-state index is 11.6. The molecule has 0 aliphatic carbocycles. The molecule has 0 aliphatic rings. The van der Waals surface area contributed by atoms with Gasteiger partial charge in [0.25, 0.3) is 0 Å². The van der Waals surface area contributed by atoms with Crippen LogP contribution < -0.4 is 5.32 Å². The van der Waals surface area contributed by atoms with Gasteiger partial charge in [0.2, 0.25) is 0 Å². The van der Waals surface area contributed by atoms with Gasteiger partial charge >= 0.3 is 0 Å². The summed E-state index contributed by atoms with van der Waals surface area (Å²) in [5, 5.41) is 3.81. The highest BCUT2D eigenvalue weighted by molar-refractivity contribution is 7.99. The summed E-state index contributed by atoms with van der Waals surface area (Å²) < 4.78 is 11.6. The number of thioether (sulfide) groups is 1. The summed E-state index contributed by atoms with van der Waals surface area (Å²) in [6.45, 7) is 3.75. The molecule has 0 fully saturated rings. The van der Waals surface area contributed by atoms with Gasteiger partial charge in [-0.2, -0.15) is 11.8 Å². The summed E-state index contributed by atoms with van der Waals surface area (Å²) in [4.78, 5) is 0. The van der Waals surface area contributed by atoms with E-state index in [1.807, 2.05) is 11.8 Å². The fourth-order valence-electron chi connectivity index (χ4n) is 0.580. The van der Waals surface area contributed by atoms with E-state index in [-0.39, 0.29) is 6.67 Å². The Balaban J connectivity index is 2.89. The zero-order chi connectivity index (χ0) is 7.82. The van der Waals surface area contributed by atoms with E-state index in [0.29, 0.717) is 11.7 Å². The van der Waals surface area contributed by atoms with E-state index < -0.39 is 0 Å². The number of alkyl halides is 1. The lowest BCUT2D eigenvalue weighted by atomic mass is 10.4. The van der Waals surface area contributed by atoms with E-state index in [0.717, 1.165) is 13.1 Å². The minimum atomic E-state index is -0.208. The van der Waals surface area contributed by atoms with Gasteiger partial charge in [0, 0.05) is 11.8 Å². The third-order valence-electron chi connectivity index (χ3n) is 1.32. The fraction of sp³-hybridized carbons (Fsp3) is 1.00. The molecule has 0 heterocycles. The predicted molar refractivity (Wildman–Crippen MR) is 46.4 cm³/mol. The first-order valence-electron chi connectivity index (χ1n) is 3.60. The van der Waals surface area contributed by atoms with Crippen LogP contribution in [-0.2, 0) is 0 Å². The van der Waals surface area contributed by atoms with Crippen LogP contribution in [0.5, 0.6) is 0 Å². The van der Waals surface area contributed by atoms with Gasteiger partial charge in [-0.25, -0.2) is 0 Å². The van der Waals surface area contributed by atoms with E-state index in [2.05, 4.69) is 18.5 Å². The Morgan fingerprint density at radius 3 is 2.80 bits per heavy atom. The fourth-order valence-corrected chi connectivity index (χ4v) is 0.865. The molecule has 0 aliphatic heterocycles. The van der Waals surface area contributed by atoms with E-state index in [1.165, 1.54) is 0 Å².